The fourth-order valence-electron chi connectivity index (χ4n) is 2.86. The van der Waals surface area contributed by atoms with Crippen LogP contribution in [0.1, 0.15) is 27.4 Å². The fraction of sp³-hybridized carbons (Fsp3) is 0.143. The third-order valence-electron chi connectivity index (χ3n) is 4.24. The van der Waals surface area contributed by atoms with Crippen molar-refractivity contribution in [2.75, 3.05) is 0 Å². The first kappa shape index (κ1) is 18.7. The number of furan rings is 1. The molecule has 4 aromatic rings. The van der Waals surface area contributed by atoms with E-state index in [1.807, 2.05) is 36.6 Å². The molecule has 0 aliphatic carbocycles. The number of hydrogen-bond donors (Lipinski definition) is 1. The Morgan fingerprint density at radius 3 is 2.79 bits per heavy atom. The summed E-state index contributed by atoms with van der Waals surface area (Å²) in [7, 11) is 0. The average Bonchev–Trinajstić information content (AvgIpc) is 3.28. The lowest BCUT2D eigenvalue weighted by Crippen LogP contribution is -2.23. The highest BCUT2D eigenvalue weighted by Crippen LogP contribution is 2.33. The minimum Gasteiger partial charge on any atom is -0.451 e. The van der Waals surface area contributed by atoms with Gasteiger partial charge < -0.3 is 9.73 Å². The molecule has 0 fully saturated rings. The number of halogens is 1. The Kier molecular flexibility index (Phi) is 5.45. The van der Waals surface area contributed by atoms with Crippen LogP contribution in [0.15, 0.2) is 62.7 Å². The number of aromatic nitrogens is 1. The van der Waals surface area contributed by atoms with Gasteiger partial charge in [0.15, 0.2) is 5.76 Å². The van der Waals surface area contributed by atoms with Gasteiger partial charge in [-0.15, -0.1) is 11.3 Å². The largest absolute Gasteiger partial charge is 0.451 e. The summed E-state index contributed by atoms with van der Waals surface area (Å²) in [5, 5.41) is 5.66. The maximum absolute atomic E-state index is 13.8. The standard InChI is InChI=1S/C21H17FN2O2S2/c1-13-11-27-21(24-13)28-12-16-15-7-3-5-9-18(15)26-19(16)20(25)23-10-14-6-2-4-8-17(14)22/h2-9,11H,10,12H2,1H3,(H,23,25). The third-order valence-corrected chi connectivity index (χ3v) is 6.41. The molecule has 0 spiro atoms. The zero-order valence-electron chi connectivity index (χ0n) is 15.1. The van der Waals surface area contributed by atoms with E-state index in [-0.39, 0.29) is 24.0 Å². The van der Waals surface area contributed by atoms with Crippen LogP contribution in [-0.2, 0) is 12.3 Å². The van der Waals surface area contributed by atoms with E-state index in [2.05, 4.69) is 10.3 Å². The number of para-hydroxylation sites is 1. The van der Waals surface area contributed by atoms with E-state index in [0.29, 0.717) is 16.9 Å². The fourth-order valence-corrected chi connectivity index (χ4v) is 4.73. The molecule has 1 amide bonds. The van der Waals surface area contributed by atoms with Gasteiger partial charge in [0, 0.05) is 39.9 Å². The molecule has 7 heteroatoms. The number of nitrogens with one attached hydrogen (secondary N) is 1. The van der Waals surface area contributed by atoms with Crippen molar-refractivity contribution >= 4 is 40.0 Å². The van der Waals surface area contributed by atoms with E-state index in [9.17, 15) is 9.18 Å². The molecule has 4 nitrogen and oxygen atoms in total. The van der Waals surface area contributed by atoms with Crippen LogP contribution in [0.25, 0.3) is 11.0 Å². The molecule has 0 bridgehead atoms. The van der Waals surface area contributed by atoms with Crippen molar-refractivity contribution in [1.29, 1.82) is 0 Å². The highest BCUT2D eigenvalue weighted by atomic mass is 32.2. The van der Waals surface area contributed by atoms with Crippen LogP contribution < -0.4 is 5.32 Å². The van der Waals surface area contributed by atoms with E-state index in [1.165, 1.54) is 6.07 Å². The number of rotatable bonds is 6. The normalized spacial score (nSPS) is 11.1. The Balaban J connectivity index is 1.58. The lowest BCUT2D eigenvalue weighted by Gasteiger charge is -2.06. The summed E-state index contributed by atoms with van der Waals surface area (Å²) < 4.78 is 20.6. The van der Waals surface area contributed by atoms with Crippen LogP contribution in [0.2, 0.25) is 0 Å². The lowest BCUT2D eigenvalue weighted by atomic mass is 10.1. The minimum absolute atomic E-state index is 0.0980. The van der Waals surface area contributed by atoms with Crippen LogP contribution in [-0.4, -0.2) is 10.9 Å². The van der Waals surface area contributed by atoms with Crippen molar-refractivity contribution < 1.29 is 13.6 Å². The van der Waals surface area contributed by atoms with Gasteiger partial charge in [-0.2, -0.15) is 0 Å². The Morgan fingerprint density at radius 1 is 1.21 bits per heavy atom. The van der Waals surface area contributed by atoms with E-state index < -0.39 is 0 Å². The van der Waals surface area contributed by atoms with Gasteiger partial charge in [-0.25, -0.2) is 9.37 Å². The molecule has 0 aliphatic heterocycles. The summed E-state index contributed by atoms with van der Waals surface area (Å²) in [5.74, 6) is 0.123. The number of benzene rings is 2. The Bertz CT molecular complexity index is 1140. The molecule has 2 heterocycles. The van der Waals surface area contributed by atoms with E-state index in [1.54, 1.807) is 41.3 Å². The average molecular weight is 413 g/mol. The van der Waals surface area contributed by atoms with Gasteiger partial charge in [-0.3, -0.25) is 4.79 Å². The molecule has 2 aromatic heterocycles. The minimum atomic E-state index is -0.356. The summed E-state index contributed by atoms with van der Waals surface area (Å²) in [4.78, 5) is 17.2. The first-order chi connectivity index (χ1) is 13.6. The smallest absolute Gasteiger partial charge is 0.287 e. The van der Waals surface area contributed by atoms with E-state index >= 15 is 0 Å². The van der Waals surface area contributed by atoms with Crippen molar-refractivity contribution in [2.45, 2.75) is 23.6 Å². The molecule has 0 aliphatic rings. The van der Waals surface area contributed by atoms with Crippen molar-refractivity contribution in [3.05, 3.63) is 82.3 Å². The molecule has 142 valence electrons. The molecule has 0 saturated carbocycles. The molecule has 1 N–H and O–H groups in total. The van der Waals surface area contributed by atoms with Crippen molar-refractivity contribution in [3.63, 3.8) is 0 Å². The molecule has 2 aromatic carbocycles. The quantitative estimate of drug-likeness (QED) is 0.421. The summed E-state index contributed by atoms with van der Waals surface area (Å²) in [6, 6.07) is 13.9. The SMILES string of the molecule is Cc1csc(SCc2c(C(=O)NCc3ccccc3F)oc3ccccc23)n1. The maximum Gasteiger partial charge on any atom is 0.287 e. The molecule has 4 rings (SSSR count). The maximum atomic E-state index is 13.8. The zero-order chi connectivity index (χ0) is 19.5. The van der Waals surface area contributed by atoms with Gasteiger partial charge in [-0.1, -0.05) is 48.2 Å². The second-order valence-corrected chi connectivity index (χ2v) is 8.30. The van der Waals surface area contributed by atoms with Gasteiger partial charge in [-0.05, 0) is 19.1 Å². The van der Waals surface area contributed by atoms with Crippen LogP contribution >= 0.6 is 23.1 Å². The number of carbonyl (C=O) groups is 1. The predicted molar refractivity (Wildman–Crippen MR) is 110 cm³/mol. The molecule has 28 heavy (non-hydrogen) atoms. The van der Waals surface area contributed by atoms with Crippen molar-refractivity contribution in [3.8, 4) is 0 Å². The third kappa shape index (κ3) is 3.95. The Labute approximate surface area is 169 Å². The lowest BCUT2D eigenvalue weighted by molar-refractivity contribution is 0.0924. The van der Waals surface area contributed by atoms with E-state index in [4.69, 9.17) is 4.42 Å². The van der Waals surface area contributed by atoms with Gasteiger partial charge >= 0.3 is 0 Å². The Hall–Kier alpha value is -2.64. The second kappa shape index (κ2) is 8.16. The first-order valence-corrected chi connectivity index (χ1v) is 10.6. The number of nitrogens with zero attached hydrogens (tertiary/aromatic N) is 1. The van der Waals surface area contributed by atoms with Crippen LogP contribution in [0.4, 0.5) is 4.39 Å². The number of amides is 1. The highest BCUT2D eigenvalue weighted by Gasteiger charge is 2.21. The first-order valence-electron chi connectivity index (χ1n) is 8.69. The van der Waals surface area contributed by atoms with Gasteiger partial charge in [0.1, 0.15) is 15.7 Å². The van der Waals surface area contributed by atoms with Gasteiger partial charge in [0.05, 0.1) is 0 Å². The van der Waals surface area contributed by atoms with Crippen molar-refractivity contribution in [1.82, 2.24) is 10.3 Å². The summed E-state index contributed by atoms with van der Waals surface area (Å²) in [6.07, 6.45) is 0. The van der Waals surface area contributed by atoms with Crippen LogP contribution in [0, 0.1) is 12.7 Å². The summed E-state index contributed by atoms with van der Waals surface area (Å²) in [5.41, 5.74) is 2.89. The van der Waals surface area contributed by atoms with E-state index in [0.717, 1.165) is 21.0 Å². The number of thiazole rings is 1. The molecule has 0 saturated heterocycles. The van der Waals surface area contributed by atoms with Crippen LogP contribution in [0.5, 0.6) is 0 Å². The number of fused-ring (bicyclic) bond motifs is 1. The predicted octanol–water partition coefficient (Wildman–Crippen LogP) is 5.56. The number of thioether (sulfide) groups is 1. The summed E-state index contributed by atoms with van der Waals surface area (Å²) >= 11 is 3.15. The molecular formula is C21H17FN2O2S2. The topological polar surface area (TPSA) is 55.1 Å². The van der Waals surface area contributed by atoms with Crippen molar-refractivity contribution in [2.24, 2.45) is 0 Å². The van der Waals surface area contributed by atoms with Gasteiger partial charge in [0.2, 0.25) is 0 Å². The molecular weight excluding hydrogens is 395 g/mol. The number of hydrogen-bond acceptors (Lipinski definition) is 5. The van der Waals surface area contributed by atoms with Crippen LogP contribution in [0.3, 0.4) is 0 Å². The monoisotopic (exact) mass is 412 g/mol. The zero-order valence-corrected chi connectivity index (χ0v) is 16.7. The number of carbonyl (C=O) groups excluding carboxylic acids is 1. The summed E-state index contributed by atoms with van der Waals surface area (Å²) in [6.45, 7) is 2.05. The molecule has 0 radical (unpaired) electrons. The van der Waals surface area contributed by atoms with Gasteiger partial charge in [0.25, 0.3) is 5.91 Å². The second-order valence-electron chi connectivity index (χ2n) is 6.22. The number of aryl methyl sites for hydroxylation is 1. The highest BCUT2D eigenvalue weighted by molar-refractivity contribution is 8.00. The Morgan fingerprint density at radius 2 is 2.00 bits per heavy atom. The molecule has 0 atom stereocenters. The molecule has 0 unspecified atom stereocenters.